The van der Waals surface area contributed by atoms with Gasteiger partial charge >= 0.3 is 0 Å². The first kappa shape index (κ1) is 21.6. The van der Waals surface area contributed by atoms with E-state index in [0.717, 1.165) is 53.9 Å². The molecule has 32 heavy (non-hydrogen) atoms. The highest BCUT2D eigenvalue weighted by molar-refractivity contribution is 8.00. The Hall–Kier alpha value is -2.22. The van der Waals surface area contributed by atoms with Gasteiger partial charge in [0.25, 0.3) is 0 Å². The number of thioether (sulfide) groups is 1. The number of carbonyl (C=O) groups is 1. The average Bonchev–Trinajstić information content (AvgIpc) is 3.03. The van der Waals surface area contributed by atoms with E-state index in [4.69, 9.17) is 10.6 Å². The SMILES string of the molecule is Cc1cc(C)cc(OCc2nnc(SC(C)C(=O)NC34CC5CC(CC(C5)C3)C4)n2N)c1. The standard InChI is InChI=1S/C24H33N5O2S/c1-14-4-15(2)6-20(5-14)31-13-21-27-28-23(29(21)25)32-16(3)22(30)26-24-10-17-7-18(11-24)9-19(8-17)12-24/h4-6,16-19H,7-13,25H2,1-3H3,(H,26,30). The van der Waals surface area contributed by atoms with Crippen LogP contribution in [0.5, 0.6) is 5.75 Å². The molecule has 1 atom stereocenters. The van der Waals surface area contributed by atoms with Crippen molar-refractivity contribution in [3.8, 4) is 5.75 Å². The second-order valence-corrected chi connectivity index (χ2v) is 11.6. The second-order valence-electron chi connectivity index (χ2n) is 10.3. The molecule has 1 aromatic carbocycles. The summed E-state index contributed by atoms with van der Waals surface area (Å²) in [5, 5.41) is 12.1. The molecule has 172 valence electrons. The molecule has 1 unspecified atom stereocenters. The van der Waals surface area contributed by atoms with E-state index in [1.807, 2.05) is 32.9 Å². The number of hydrogen-bond donors (Lipinski definition) is 2. The number of amides is 1. The van der Waals surface area contributed by atoms with Gasteiger partial charge in [-0.25, -0.2) is 4.68 Å². The molecule has 4 fully saturated rings. The Balaban J connectivity index is 1.19. The Morgan fingerprint density at radius 3 is 2.34 bits per heavy atom. The van der Waals surface area contributed by atoms with Gasteiger partial charge in [-0.15, -0.1) is 10.2 Å². The topological polar surface area (TPSA) is 95.1 Å². The Labute approximate surface area is 193 Å². The van der Waals surface area contributed by atoms with Crippen LogP contribution in [0, 0.1) is 31.6 Å². The van der Waals surface area contributed by atoms with Crippen molar-refractivity contribution in [2.45, 2.75) is 81.8 Å². The average molecular weight is 456 g/mol. The Kier molecular flexibility index (Phi) is 5.60. The zero-order chi connectivity index (χ0) is 22.5. The number of benzene rings is 1. The molecule has 7 nitrogen and oxygen atoms in total. The van der Waals surface area contributed by atoms with Crippen molar-refractivity contribution in [2.75, 3.05) is 5.84 Å². The number of hydrogen-bond acceptors (Lipinski definition) is 6. The molecule has 4 aliphatic rings. The third-order valence-corrected chi connectivity index (χ3v) is 8.43. The quantitative estimate of drug-likeness (QED) is 0.488. The maximum atomic E-state index is 13.1. The maximum absolute atomic E-state index is 13.1. The van der Waals surface area contributed by atoms with Crippen molar-refractivity contribution in [1.82, 2.24) is 20.2 Å². The molecule has 4 aliphatic carbocycles. The molecule has 0 saturated heterocycles. The lowest BCUT2D eigenvalue weighted by atomic mass is 9.53. The third kappa shape index (κ3) is 4.34. The molecule has 2 aromatic rings. The van der Waals surface area contributed by atoms with Crippen molar-refractivity contribution in [3.05, 3.63) is 35.2 Å². The van der Waals surface area contributed by atoms with E-state index < -0.39 is 0 Å². The molecule has 1 amide bonds. The first-order valence-corrected chi connectivity index (χ1v) is 12.6. The highest BCUT2D eigenvalue weighted by atomic mass is 32.2. The van der Waals surface area contributed by atoms with Crippen molar-refractivity contribution >= 4 is 17.7 Å². The largest absolute Gasteiger partial charge is 0.486 e. The van der Waals surface area contributed by atoms with Crippen LogP contribution in [0.4, 0.5) is 0 Å². The number of carbonyl (C=O) groups excluding carboxylic acids is 1. The summed E-state index contributed by atoms with van der Waals surface area (Å²) < 4.78 is 7.30. The zero-order valence-corrected chi connectivity index (χ0v) is 20.0. The van der Waals surface area contributed by atoms with Gasteiger partial charge in [-0.1, -0.05) is 17.8 Å². The minimum Gasteiger partial charge on any atom is -0.486 e. The summed E-state index contributed by atoms with van der Waals surface area (Å²) in [6, 6.07) is 6.07. The fourth-order valence-corrected chi connectivity index (χ4v) is 7.28. The number of nitrogens with zero attached hydrogens (tertiary/aromatic N) is 3. The van der Waals surface area contributed by atoms with E-state index in [2.05, 4.69) is 21.6 Å². The molecule has 4 bridgehead atoms. The summed E-state index contributed by atoms with van der Waals surface area (Å²) in [6.07, 6.45) is 7.54. The van der Waals surface area contributed by atoms with E-state index in [1.165, 1.54) is 35.7 Å². The number of nitrogens with two attached hydrogens (primary N) is 1. The van der Waals surface area contributed by atoms with Gasteiger partial charge in [0.05, 0.1) is 5.25 Å². The van der Waals surface area contributed by atoms with Gasteiger partial charge in [0.15, 0.2) is 5.82 Å². The fourth-order valence-electron chi connectivity index (χ4n) is 6.49. The molecule has 0 radical (unpaired) electrons. The summed E-state index contributed by atoms with van der Waals surface area (Å²) in [4.78, 5) is 13.1. The minimum atomic E-state index is -0.289. The van der Waals surface area contributed by atoms with Gasteiger partial charge in [-0.3, -0.25) is 4.79 Å². The summed E-state index contributed by atoms with van der Waals surface area (Å²) in [5.41, 5.74) is 2.30. The normalized spacial score (nSPS) is 29.2. The van der Waals surface area contributed by atoms with Crippen molar-refractivity contribution in [3.63, 3.8) is 0 Å². The molecule has 6 rings (SSSR count). The van der Waals surface area contributed by atoms with Crippen molar-refractivity contribution in [2.24, 2.45) is 17.8 Å². The van der Waals surface area contributed by atoms with Crippen LogP contribution in [0.25, 0.3) is 0 Å². The van der Waals surface area contributed by atoms with E-state index in [9.17, 15) is 4.79 Å². The first-order chi connectivity index (χ1) is 15.3. The summed E-state index contributed by atoms with van der Waals surface area (Å²) >= 11 is 1.35. The van der Waals surface area contributed by atoms with Crippen LogP contribution in [0.3, 0.4) is 0 Å². The molecule has 0 spiro atoms. The van der Waals surface area contributed by atoms with Crippen LogP contribution >= 0.6 is 11.8 Å². The highest BCUT2D eigenvalue weighted by Crippen LogP contribution is 2.55. The van der Waals surface area contributed by atoms with Gasteiger partial charge in [-0.05, 0) is 100 Å². The predicted octanol–water partition coefficient (Wildman–Crippen LogP) is 3.75. The smallest absolute Gasteiger partial charge is 0.233 e. The second kappa shape index (κ2) is 8.28. The van der Waals surface area contributed by atoms with E-state index >= 15 is 0 Å². The lowest BCUT2D eigenvalue weighted by Gasteiger charge is -2.57. The first-order valence-electron chi connectivity index (χ1n) is 11.7. The summed E-state index contributed by atoms with van der Waals surface area (Å²) in [7, 11) is 0. The van der Waals surface area contributed by atoms with Gasteiger partial charge in [0, 0.05) is 5.54 Å². The monoisotopic (exact) mass is 455 g/mol. The number of nitrogen functional groups attached to an aromatic ring is 1. The molecule has 3 N–H and O–H groups in total. The molecule has 4 saturated carbocycles. The van der Waals surface area contributed by atoms with Crippen LogP contribution in [0.2, 0.25) is 0 Å². The van der Waals surface area contributed by atoms with E-state index in [-0.39, 0.29) is 23.3 Å². The van der Waals surface area contributed by atoms with Gasteiger partial charge < -0.3 is 15.9 Å². The molecular formula is C24H33N5O2S. The van der Waals surface area contributed by atoms with E-state index in [0.29, 0.717) is 11.0 Å². The number of rotatable bonds is 7. The fraction of sp³-hybridized carbons (Fsp3) is 0.625. The molecule has 0 aliphatic heterocycles. The molecular weight excluding hydrogens is 422 g/mol. The van der Waals surface area contributed by atoms with Crippen molar-refractivity contribution < 1.29 is 9.53 Å². The van der Waals surface area contributed by atoms with Crippen LogP contribution in [0.1, 0.15) is 62.4 Å². The Bertz CT molecular complexity index is 964. The van der Waals surface area contributed by atoms with Crippen molar-refractivity contribution in [1.29, 1.82) is 0 Å². The van der Waals surface area contributed by atoms with Gasteiger partial charge in [0.1, 0.15) is 12.4 Å². The zero-order valence-electron chi connectivity index (χ0n) is 19.1. The van der Waals surface area contributed by atoms with E-state index in [1.54, 1.807) is 0 Å². The maximum Gasteiger partial charge on any atom is 0.233 e. The van der Waals surface area contributed by atoms with Gasteiger partial charge in [0.2, 0.25) is 11.1 Å². The number of aryl methyl sites for hydroxylation is 2. The predicted molar refractivity (Wildman–Crippen MR) is 125 cm³/mol. The summed E-state index contributed by atoms with van der Waals surface area (Å²) in [6.45, 7) is 6.22. The summed E-state index contributed by atoms with van der Waals surface area (Å²) in [5.74, 6) is 10.0. The van der Waals surface area contributed by atoms with Crippen LogP contribution < -0.4 is 15.9 Å². The lowest BCUT2D eigenvalue weighted by molar-refractivity contribution is -0.126. The lowest BCUT2D eigenvalue weighted by Crippen LogP contribution is -2.60. The number of ether oxygens (including phenoxy) is 1. The number of aromatic nitrogens is 3. The molecule has 1 heterocycles. The van der Waals surface area contributed by atoms with Crippen LogP contribution in [0.15, 0.2) is 23.4 Å². The van der Waals surface area contributed by atoms with Crippen LogP contribution in [-0.4, -0.2) is 31.6 Å². The molecule has 8 heteroatoms. The minimum absolute atomic E-state index is 0.0159. The Morgan fingerprint density at radius 1 is 1.16 bits per heavy atom. The Morgan fingerprint density at radius 2 is 1.75 bits per heavy atom. The molecule has 1 aromatic heterocycles. The number of nitrogens with one attached hydrogen (secondary N) is 1. The highest BCUT2D eigenvalue weighted by Gasteiger charge is 2.51. The van der Waals surface area contributed by atoms with Crippen LogP contribution in [-0.2, 0) is 11.4 Å². The third-order valence-electron chi connectivity index (χ3n) is 7.38. The van der Waals surface area contributed by atoms with Gasteiger partial charge in [-0.2, -0.15) is 0 Å².